The van der Waals surface area contributed by atoms with E-state index < -0.39 is 0 Å². The molecule has 1 aliphatic rings. The van der Waals surface area contributed by atoms with E-state index in [0.29, 0.717) is 11.6 Å². The Hall–Kier alpha value is -2.39. The first-order valence-corrected chi connectivity index (χ1v) is 7.01. The van der Waals surface area contributed by atoms with E-state index in [1.165, 1.54) is 0 Å². The summed E-state index contributed by atoms with van der Waals surface area (Å²) in [5.74, 6) is 0.420. The number of hydrogen-bond donors (Lipinski definition) is 2. The molecule has 1 fully saturated rings. The Morgan fingerprint density at radius 3 is 3.10 bits per heavy atom. The van der Waals surface area contributed by atoms with Gasteiger partial charge in [0.05, 0.1) is 18.5 Å². The summed E-state index contributed by atoms with van der Waals surface area (Å²) in [5, 5.41) is 22.4. The number of nitrogens with one attached hydrogen (secondary N) is 1. The van der Waals surface area contributed by atoms with Crippen LogP contribution in [0.1, 0.15) is 18.5 Å². The zero-order valence-electron chi connectivity index (χ0n) is 11.6. The minimum Gasteiger partial charge on any atom is -0.391 e. The van der Waals surface area contributed by atoms with E-state index >= 15 is 0 Å². The topological polar surface area (TPSA) is 86.8 Å². The molecule has 3 atom stereocenters. The van der Waals surface area contributed by atoms with Gasteiger partial charge in [0.15, 0.2) is 0 Å². The molecule has 21 heavy (non-hydrogen) atoms. The molecule has 0 aliphatic heterocycles. The van der Waals surface area contributed by atoms with Crippen molar-refractivity contribution in [3.8, 4) is 6.07 Å². The average Bonchev–Trinajstić information content (AvgIpc) is 3.10. The molecule has 6 nitrogen and oxygen atoms in total. The molecule has 2 heterocycles. The number of nitrogens with zero attached hydrogens (tertiary/aromatic N) is 4. The normalized spacial score (nSPS) is 24.7. The summed E-state index contributed by atoms with van der Waals surface area (Å²) < 4.78 is 2.04. The summed E-state index contributed by atoms with van der Waals surface area (Å²) in [5.41, 5.74) is 1.20. The maximum Gasteiger partial charge on any atom is 0.142 e. The second-order valence-corrected chi connectivity index (χ2v) is 5.46. The van der Waals surface area contributed by atoms with Crippen LogP contribution >= 0.6 is 0 Å². The van der Waals surface area contributed by atoms with Gasteiger partial charge in [0, 0.05) is 30.8 Å². The van der Waals surface area contributed by atoms with Gasteiger partial charge in [-0.05, 0) is 30.9 Å². The van der Waals surface area contributed by atoms with Crippen molar-refractivity contribution in [3.63, 3.8) is 0 Å². The quantitative estimate of drug-likeness (QED) is 0.885. The molecule has 6 heteroatoms. The van der Waals surface area contributed by atoms with E-state index in [9.17, 15) is 5.11 Å². The zero-order chi connectivity index (χ0) is 14.7. The van der Waals surface area contributed by atoms with Crippen molar-refractivity contribution in [2.45, 2.75) is 31.5 Å². The minimum absolute atomic E-state index is 0.00691. The molecule has 2 aromatic rings. The van der Waals surface area contributed by atoms with E-state index in [2.05, 4.69) is 15.3 Å². The SMILES string of the molecule is N#Cc1cc(N[C@@H]2CC(Cn3ccnc3)C[C@H]2O)ccn1. The Balaban J connectivity index is 1.62. The predicted octanol–water partition coefficient (Wildman–Crippen LogP) is 1.40. The third kappa shape index (κ3) is 3.20. The van der Waals surface area contributed by atoms with Crippen LogP contribution in [0, 0.1) is 17.2 Å². The van der Waals surface area contributed by atoms with Gasteiger partial charge in [0.2, 0.25) is 0 Å². The van der Waals surface area contributed by atoms with Crippen molar-refractivity contribution >= 4 is 5.69 Å². The first-order chi connectivity index (χ1) is 10.2. The first-order valence-electron chi connectivity index (χ1n) is 7.01. The molecule has 0 bridgehead atoms. The van der Waals surface area contributed by atoms with E-state index in [1.54, 1.807) is 24.8 Å². The Bertz CT molecular complexity index is 634. The number of imidazole rings is 1. The summed E-state index contributed by atoms with van der Waals surface area (Å²) in [7, 11) is 0. The molecule has 1 saturated carbocycles. The predicted molar refractivity (Wildman–Crippen MR) is 77.3 cm³/mol. The van der Waals surface area contributed by atoms with Crippen LogP contribution in [0.2, 0.25) is 0 Å². The Kier molecular flexibility index (Phi) is 3.84. The van der Waals surface area contributed by atoms with Gasteiger partial charge in [-0.15, -0.1) is 0 Å². The molecule has 0 amide bonds. The summed E-state index contributed by atoms with van der Waals surface area (Å²) in [6.07, 6.45) is 8.39. The van der Waals surface area contributed by atoms with Crippen LogP contribution in [-0.2, 0) is 6.54 Å². The van der Waals surface area contributed by atoms with Gasteiger partial charge >= 0.3 is 0 Å². The Morgan fingerprint density at radius 1 is 1.43 bits per heavy atom. The van der Waals surface area contributed by atoms with E-state index in [0.717, 1.165) is 25.1 Å². The second-order valence-electron chi connectivity index (χ2n) is 5.46. The van der Waals surface area contributed by atoms with Gasteiger partial charge in [-0.1, -0.05) is 0 Å². The number of aromatic nitrogens is 3. The van der Waals surface area contributed by atoms with Gasteiger partial charge in [0.1, 0.15) is 11.8 Å². The van der Waals surface area contributed by atoms with Crippen LogP contribution in [0.25, 0.3) is 0 Å². The van der Waals surface area contributed by atoms with Crippen molar-refractivity contribution < 1.29 is 5.11 Å². The molecular formula is C15H17N5O. The monoisotopic (exact) mass is 283 g/mol. The molecule has 3 rings (SSSR count). The summed E-state index contributed by atoms with van der Waals surface area (Å²) >= 11 is 0. The highest BCUT2D eigenvalue weighted by molar-refractivity contribution is 5.47. The van der Waals surface area contributed by atoms with E-state index in [4.69, 9.17) is 5.26 Å². The van der Waals surface area contributed by atoms with Crippen molar-refractivity contribution in [2.24, 2.45) is 5.92 Å². The summed E-state index contributed by atoms with van der Waals surface area (Å²) in [4.78, 5) is 7.98. The molecule has 1 unspecified atom stereocenters. The Labute approximate surface area is 123 Å². The highest BCUT2D eigenvalue weighted by Crippen LogP contribution is 2.29. The minimum atomic E-state index is -0.378. The van der Waals surface area contributed by atoms with E-state index in [1.807, 2.05) is 22.9 Å². The first kappa shape index (κ1) is 13.6. The lowest BCUT2D eigenvalue weighted by atomic mass is 10.1. The molecule has 1 aliphatic carbocycles. The summed E-state index contributed by atoms with van der Waals surface area (Å²) in [6, 6.07) is 5.55. The smallest absolute Gasteiger partial charge is 0.142 e. The average molecular weight is 283 g/mol. The van der Waals surface area contributed by atoms with E-state index in [-0.39, 0.29) is 12.1 Å². The lowest BCUT2D eigenvalue weighted by Gasteiger charge is -2.17. The molecule has 2 aromatic heterocycles. The fourth-order valence-corrected chi connectivity index (χ4v) is 2.91. The summed E-state index contributed by atoms with van der Waals surface area (Å²) in [6.45, 7) is 0.870. The third-order valence-electron chi connectivity index (χ3n) is 3.88. The van der Waals surface area contributed by atoms with Crippen LogP contribution in [0.5, 0.6) is 0 Å². The van der Waals surface area contributed by atoms with Crippen LogP contribution in [-0.4, -0.2) is 31.8 Å². The van der Waals surface area contributed by atoms with Gasteiger partial charge in [-0.25, -0.2) is 9.97 Å². The highest BCUT2D eigenvalue weighted by Gasteiger charge is 2.33. The number of nitriles is 1. The van der Waals surface area contributed by atoms with Gasteiger partial charge in [-0.2, -0.15) is 5.26 Å². The number of pyridine rings is 1. The number of aliphatic hydroxyl groups is 1. The highest BCUT2D eigenvalue weighted by atomic mass is 16.3. The maximum absolute atomic E-state index is 10.2. The van der Waals surface area contributed by atoms with Crippen LogP contribution in [0.3, 0.4) is 0 Å². The lowest BCUT2D eigenvalue weighted by molar-refractivity contribution is 0.166. The zero-order valence-corrected chi connectivity index (χ0v) is 11.6. The Morgan fingerprint density at radius 2 is 2.33 bits per heavy atom. The van der Waals surface area contributed by atoms with Gasteiger partial charge in [0.25, 0.3) is 0 Å². The van der Waals surface area contributed by atoms with Crippen molar-refractivity contribution in [1.82, 2.24) is 14.5 Å². The molecular weight excluding hydrogens is 266 g/mol. The van der Waals surface area contributed by atoms with Crippen LogP contribution in [0.4, 0.5) is 5.69 Å². The van der Waals surface area contributed by atoms with Crippen molar-refractivity contribution in [3.05, 3.63) is 42.7 Å². The number of aliphatic hydroxyl groups excluding tert-OH is 1. The molecule has 0 aromatic carbocycles. The number of rotatable bonds is 4. The third-order valence-corrected chi connectivity index (χ3v) is 3.88. The molecule has 2 N–H and O–H groups in total. The van der Waals surface area contributed by atoms with Crippen LogP contribution in [0.15, 0.2) is 37.1 Å². The largest absolute Gasteiger partial charge is 0.391 e. The second kappa shape index (κ2) is 5.94. The molecule has 0 spiro atoms. The standard InChI is InChI=1S/C15H17N5O/c16-8-13-7-12(1-2-18-13)19-14-5-11(6-15(14)21)9-20-4-3-17-10-20/h1-4,7,10-11,14-15,21H,5-6,9H2,(H,18,19)/t11?,14-,15-/m1/s1. The fraction of sp³-hybridized carbons (Fsp3) is 0.400. The molecule has 108 valence electrons. The van der Waals surface area contributed by atoms with Crippen molar-refractivity contribution in [1.29, 1.82) is 5.26 Å². The molecule has 0 radical (unpaired) electrons. The van der Waals surface area contributed by atoms with Gasteiger partial charge in [-0.3, -0.25) is 0 Å². The number of hydrogen-bond acceptors (Lipinski definition) is 5. The fourth-order valence-electron chi connectivity index (χ4n) is 2.91. The molecule has 0 saturated heterocycles. The van der Waals surface area contributed by atoms with Gasteiger partial charge < -0.3 is 15.0 Å². The van der Waals surface area contributed by atoms with Crippen LogP contribution < -0.4 is 5.32 Å². The lowest BCUT2D eigenvalue weighted by Crippen LogP contribution is -2.27. The number of anilines is 1. The van der Waals surface area contributed by atoms with Crippen molar-refractivity contribution in [2.75, 3.05) is 5.32 Å². The maximum atomic E-state index is 10.2.